The molecule has 6 amide bonds. The SMILES string of the molecule is CC(C)[C@H](N)C(=O)N(C(=O)CCc1ccccc1)[C@@H](C)C(=O)NC(C(=O)C(F)(F)CCc1ccccc1)C(C(=O)O)C(C)(C)C.CC(C)[C@H](N)C(=O)N(C(=O)CCc1ccccc1)[C@@H](C)C(=O)NC(CC(=O)O)C(=O)C(F)(F)CCCc1ccccc1. The molecule has 0 saturated carbocycles. The molecular weight excluding hydrogens is 1130 g/mol. The quantitative estimate of drug-likeness (QED) is 0.0261. The Kier molecular flexibility index (Phi) is 28.5. The minimum Gasteiger partial charge on any atom is -0.481 e. The van der Waals surface area contributed by atoms with Gasteiger partial charge in [0.15, 0.2) is 0 Å². The highest BCUT2D eigenvalue weighted by Crippen LogP contribution is 2.34. The molecule has 0 aromatic heterocycles. The Morgan fingerprint density at radius 2 is 0.839 bits per heavy atom. The number of nitrogens with zero attached hydrogens (tertiary/aromatic N) is 2. The second-order valence-corrected chi connectivity index (χ2v) is 23.4. The van der Waals surface area contributed by atoms with Gasteiger partial charge in [-0.2, -0.15) is 17.6 Å². The van der Waals surface area contributed by atoms with Crippen molar-refractivity contribution < 1.29 is 75.7 Å². The number of benzene rings is 4. The van der Waals surface area contributed by atoms with E-state index in [1.165, 1.54) is 34.6 Å². The second kappa shape index (κ2) is 33.8. The van der Waals surface area contributed by atoms with E-state index >= 15 is 8.78 Å². The summed E-state index contributed by atoms with van der Waals surface area (Å²) in [6.07, 6.45) is -2.66. The summed E-state index contributed by atoms with van der Waals surface area (Å²) in [5.74, 6) is -22.6. The van der Waals surface area contributed by atoms with E-state index in [0.29, 0.717) is 15.4 Å². The highest BCUT2D eigenvalue weighted by atomic mass is 19.3. The largest absolute Gasteiger partial charge is 0.481 e. The van der Waals surface area contributed by atoms with Gasteiger partial charge in [-0.1, -0.05) is 170 Å². The number of carboxylic acids is 2. The summed E-state index contributed by atoms with van der Waals surface area (Å²) in [7, 11) is 0. The number of aryl methyl sites for hydroxylation is 4. The number of imide groups is 2. The van der Waals surface area contributed by atoms with Gasteiger partial charge in [-0.15, -0.1) is 0 Å². The van der Waals surface area contributed by atoms with Gasteiger partial charge in [0.05, 0.1) is 24.4 Å². The van der Waals surface area contributed by atoms with Gasteiger partial charge in [-0.05, 0) is 85.5 Å². The summed E-state index contributed by atoms with van der Waals surface area (Å²) < 4.78 is 60.7. The number of aliphatic carboxylic acids is 2. The number of hydrogen-bond acceptors (Lipinski definition) is 12. The number of carbonyl (C=O) groups is 10. The lowest BCUT2D eigenvalue weighted by Gasteiger charge is -2.36. The van der Waals surface area contributed by atoms with Gasteiger partial charge < -0.3 is 32.3 Å². The van der Waals surface area contributed by atoms with Crippen LogP contribution in [0.4, 0.5) is 17.6 Å². The van der Waals surface area contributed by atoms with E-state index in [1.54, 1.807) is 149 Å². The van der Waals surface area contributed by atoms with E-state index in [4.69, 9.17) is 11.5 Å². The Morgan fingerprint density at radius 1 is 0.494 bits per heavy atom. The number of alkyl halides is 4. The van der Waals surface area contributed by atoms with Crippen LogP contribution in [0.5, 0.6) is 0 Å². The van der Waals surface area contributed by atoms with Gasteiger partial charge in [0, 0.05) is 25.7 Å². The van der Waals surface area contributed by atoms with Crippen LogP contribution in [-0.2, 0) is 73.6 Å². The van der Waals surface area contributed by atoms with Crippen LogP contribution < -0.4 is 22.1 Å². The zero-order valence-electron chi connectivity index (χ0n) is 50.9. The fraction of sp³-hybridized carbons (Fsp3) is 0.477. The number of carbonyl (C=O) groups excluding carboxylic acids is 8. The molecule has 8 N–H and O–H groups in total. The summed E-state index contributed by atoms with van der Waals surface area (Å²) in [6, 6.07) is 25.3. The van der Waals surface area contributed by atoms with Crippen LogP contribution in [0.1, 0.15) is 123 Å². The van der Waals surface area contributed by atoms with Crippen molar-refractivity contribution in [3.8, 4) is 0 Å². The molecule has 87 heavy (non-hydrogen) atoms. The van der Waals surface area contributed by atoms with Crippen molar-refractivity contribution in [1.29, 1.82) is 0 Å². The Labute approximate surface area is 506 Å². The monoisotopic (exact) mass is 1220 g/mol. The van der Waals surface area contributed by atoms with Crippen LogP contribution in [0.2, 0.25) is 0 Å². The number of halogens is 4. The lowest BCUT2D eigenvalue weighted by molar-refractivity contribution is -0.160. The van der Waals surface area contributed by atoms with Crippen LogP contribution in [0, 0.1) is 23.2 Å². The molecule has 7 atom stereocenters. The Balaban J connectivity index is 0.000000456. The van der Waals surface area contributed by atoms with Crippen molar-refractivity contribution in [2.75, 3.05) is 0 Å². The lowest BCUT2D eigenvalue weighted by atomic mass is 9.73. The predicted octanol–water partition coefficient (Wildman–Crippen LogP) is 7.95. The summed E-state index contributed by atoms with van der Waals surface area (Å²) in [6.45, 7) is 13.4. The van der Waals surface area contributed by atoms with Crippen molar-refractivity contribution in [3.05, 3.63) is 144 Å². The number of amides is 6. The number of nitrogens with one attached hydrogen (secondary N) is 2. The maximum Gasteiger partial charge on any atom is 0.309 e. The number of carboxylic acid groups (broad SMARTS) is 2. The number of rotatable bonds is 31. The van der Waals surface area contributed by atoms with Crippen LogP contribution in [0.15, 0.2) is 121 Å². The van der Waals surface area contributed by atoms with Crippen molar-refractivity contribution in [3.63, 3.8) is 0 Å². The van der Waals surface area contributed by atoms with E-state index in [0.717, 1.165) is 16.7 Å². The molecule has 4 aromatic carbocycles. The first-order valence-corrected chi connectivity index (χ1v) is 28.9. The minimum absolute atomic E-state index is 0.0574. The van der Waals surface area contributed by atoms with Gasteiger partial charge in [0.25, 0.3) is 0 Å². The fourth-order valence-corrected chi connectivity index (χ4v) is 9.32. The minimum atomic E-state index is -4.00. The topological polar surface area (TPSA) is 294 Å². The van der Waals surface area contributed by atoms with E-state index in [9.17, 15) is 66.9 Å². The van der Waals surface area contributed by atoms with Crippen LogP contribution in [0.3, 0.4) is 0 Å². The maximum absolute atomic E-state index is 15.5. The molecule has 4 aromatic rings. The Hall–Kier alpha value is -7.98. The number of nitrogens with two attached hydrogens (primary N) is 2. The van der Waals surface area contributed by atoms with Gasteiger partial charge in [0.1, 0.15) is 24.2 Å². The van der Waals surface area contributed by atoms with Crippen LogP contribution in [0.25, 0.3) is 0 Å². The van der Waals surface area contributed by atoms with E-state index in [-0.39, 0.29) is 44.9 Å². The standard InChI is InChI=1S/C34H45F2N3O6.C31H39F2N3O6/c1-21(2)27(37)31(43)39(25(40)18-17-23-13-9-7-10-14-23)22(3)30(42)38-28(26(32(44)45)33(4,5)6)29(41)34(35,36)20-19-24-15-11-8-12-16-24;1-20(2)27(34)30(42)36(25(37)17-16-23-13-8-5-9-14-23)21(3)29(41)35-24(19-26(38)39)28(40)31(32,33)18-10-15-22-11-6-4-7-12-22/h7-16,21-22,26-28H,17-20,37H2,1-6H3,(H,38,42)(H,44,45);4-9,11-14,20-21,24,27H,10,15-19,34H2,1-3H3,(H,35,41)(H,38,39)/t22-,26?,27-,28?;21-,24?,27-/m00/s1. The molecule has 3 unspecified atom stereocenters. The molecule has 0 heterocycles. The zero-order valence-corrected chi connectivity index (χ0v) is 50.9. The molecule has 4 rings (SSSR count). The zero-order chi connectivity index (χ0) is 65.6. The van der Waals surface area contributed by atoms with Crippen molar-refractivity contribution >= 4 is 58.9 Å². The molecular formula is C65H84F4N6O12. The molecule has 18 nitrogen and oxygen atoms in total. The fourth-order valence-electron chi connectivity index (χ4n) is 9.32. The third-order valence-electron chi connectivity index (χ3n) is 14.7. The van der Waals surface area contributed by atoms with Gasteiger partial charge >= 0.3 is 23.8 Å². The predicted molar refractivity (Wildman–Crippen MR) is 319 cm³/mol. The molecule has 0 fully saturated rings. The number of ketones is 2. The summed E-state index contributed by atoms with van der Waals surface area (Å²) in [5.41, 5.74) is 13.8. The first-order valence-electron chi connectivity index (χ1n) is 28.9. The van der Waals surface area contributed by atoms with Gasteiger partial charge in [-0.3, -0.25) is 57.7 Å². The average Bonchev–Trinajstić information content (AvgIpc) is 2.95. The molecule has 0 bridgehead atoms. The summed E-state index contributed by atoms with van der Waals surface area (Å²) in [5, 5.41) is 23.6. The smallest absolute Gasteiger partial charge is 0.309 e. The maximum atomic E-state index is 15.5. The first kappa shape index (κ1) is 73.3. The van der Waals surface area contributed by atoms with Crippen molar-refractivity contribution in [2.24, 2.45) is 34.6 Å². The van der Waals surface area contributed by atoms with Crippen LogP contribution in [-0.4, -0.2) is 127 Å². The van der Waals surface area contributed by atoms with E-state index < -0.39 is 149 Å². The van der Waals surface area contributed by atoms with Gasteiger partial charge in [0.2, 0.25) is 47.0 Å². The Morgan fingerprint density at radius 3 is 1.18 bits per heavy atom. The Bertz CT molecular complexity index is 2950. The molecule has 0 aliphatic rings. The molecule has 0 spiro atoms. The molecule has 22 heteroatoms. The third-order valence-corrected chi connectivity index (χ3v) is 14.7. The van der Waals surface area contributed by atoms with E-state index in [1.807, 2.05) is 0 Å². The number of Topliss-reactive ketones (excluding diaryl/α,β-unsaturated/α-hetero) is 2. The third kappa shape index (κ3) is 22.7. The van der Waals surface area contributed by atoms with E-state index in [2.05, 4.69) is 10.6 Å². The molecule has 0 radical (unpaired) electrons. The first-order chi connectivity index (χ1) is 40.6. The molecule has 0 aliphatic carbocycles. The van der Waals surface area contributed by atoms with Crippen molar-refractivity contribution in [2.45, 2.75) is 175 Å². The lowest BCUT2D eigenvalue weighted by Crippen LogP contribution is -2.62. The molecule has 0 aliphatic heterocycles. The molecule has 0 saturated heterocycles. The van der Waals surface area contributed by atoms with Crippen LogP contribution >= 0.6 is 0 Å². The summed E-state index contributed by atoms with van der Waals surface area (Å²) >= 11 is 0. The highest BCUT2D eigenvalue weighted by molar-refractivity contribution is 6.05. The number of hydrogen-bond donors (Lipinski definition) is 6. The van der Waals surface area contributed by atoms with Gasteiger partial charge in [-0.25, -0.2) is 0 Å². The normalized spacial score (nSPS) is 14.1. The van der Waals surface area contributed by atoms with Crippen molar-refractivity contribution in [1.82, 2.24) is 20.4 Å². The average molecular weight is 1220 g/mol. The highest BCUT2D eigenvalue weighted by Gasteiger charge is 2.52. The summed E-state index contributed by atoms with van der Waals surface area (Å²) in [4.78, 5) is 132. The molecule has 474 valence electrons. The second-order valence-electron chi connectivity index (χ2n) is 23.4.